The fourth-order valence-corrected chi connectivity index (χ4v) is 5.43. The van der Waals surface area contributed by atoms with Crippen molar-refractivity contribution in [3.05, 3.63) is 102 Å². The summed E-state index contributed by atoms with van der Waals surface area (Å²) in [6, 6.07) is 5.04. The second kappa shape index (κ2) is 8.63. The normalized spacial score (nSPS) is 27.0. The molecule has 31 heavy (non-hydrogen) atoms. The van der Waals surface area contributed by atoms with Crippen molar-refractivity contribution in [2.45, 2.75) is 58.0 Å². The van der Waals surface area contributed by atoms with Gasteiger partial charge in [0.05, 0.1) is 12.1 Å². The molecule has 0 amide bonds. The van der Waals surface area contributed by atoms with Gasteiger partial charge in [-0.3, -0.25) is 0 Å². The summed E-state index contributed by atoms with van der Waals surface area (Å²) in [7, 11) is 0. The largest absolute Gasteiger partial charge is 0.377 e. The molecule has 2 heteroatoms. The molecule has 160 valence electrons. The van der Waals surface area contributed by atoms with E-state index in [1.54, 1.807) is 0 Å². The zero-order chi connectivity index (χ0) is 22.0. The van der Waals surface area contributed by atoms with E-state index in [4.69, 9.17) is 0 Å². The van der Waals surface area contributed by atoms with Crippen LogP contribution in [0.5, 0.6) is 0 Å². The fourth-order valence-electron chi connectivity index (χ4n) is 5.43. The Morgan fingerprint density at radius 1 is 1.23 bits per heavy atom. The monoisotopic (exact) mass is 410 g/mol. The van der Waals surface area contributed by atoms with Gasteiger partial charge in [0.15, 0.2) is 0 Å². The van der Waals surface area contributed by atoms with Crippen molar-refractivity contribution in [1.82, 2.24) is 0 Å². The van der Waals surface area contributed by atoms with Crippen LogP contribution in [0.4, 0.5) is 11.4 Å². The first kappa shape index (κ1) is 21.2. The minimum atomic E-state index is -0.218. The lowest BCUT2D eigenvalue weighted by Gasteiger charge is -2.35. The Balaban J connectivity index is 1.96. The first-order valence-electron chi connectivity index (χ1n) is 11.5. The van der Waals surface area contributed by atoms with Crippen LogP contribution in [0.25, 0.3) is 5.57 Å². The highest BCUT2D eigenvalue weighted by molar-refractivity contribution is 5.94. The SMILES string of the molecule is C=C/C=C(\C=C/C)C1Nc2ccc3c(c2C1(C)C(/C=C\CC)=C/C)NC1CC=CC=C31. The number of benzene rings is 1. The number of hydrogen-bond acceptors (Lipinski definition) is 2. The van der Waals surface area contributed by atoms with E-state index in [1.165, 1.54) is 39.2 Å². The molecule has 1 aliphatic carbocycles. The molecule has 0 aromatic heterocycles. The molecule has 1 aromatic rings. The van der Waals surface area contributed by atoms with Crippen LogP contribution < -0.4 is 10.6 Å². The Morgan fingerprint density at radius 3 is 2.77 bits per heavy atom. The van der Waals surface area contributed by atoms with Crippen LogP contribution in [-0.4, -0.2) is 12.1 Å². The van der Waals surface area contributed by atoms with Crippen molar-refractivity contribution >= 4 is 16.9 Å². The van der Waals surface area contributed by atoms with E-state index in [-0.39, 0.29) is 11.5 Å². The van der Waals surface area contributed by atoms with Gasteiger partial charge in [0, 0.05) is 27.9 Å². The summed E-state index contributed by atoms with van der Waals surface area (Å²) >= 11 is 0. The van der Waals surface area contributed by atoms with Crippen molar-refractivity contribution < 1.29 is 0 Å². The number of fused-ring (bicyclic) bond motifs is 5. The molecule has 2 heterocycles. The van der Waals surface area contributed by atoms with E-state index < -0.39 is 0 Å². The van der Waals surface area contributed by atoms with E-state index in [9.17, 15) is 0 Å². The lowest BCUT2D eigenvalue weighted by Crippen LogP contribution is -2.39. The molecule has 3 unspecified atom stereocenters. The van der Waals surface area contributed by atoms with Crippen LogP contribution in [0, 0.1) is 0 Å². The van der Waals surface area contributed by atoms with Gasteiger partial charge in [-0.15, -0.1) is 0 Å². The van der Waals surface area contributed by atoms with Crippen LogP contribution in [0.15, 0.2) is 90.6 Å². The third-order valence-electron chi connectivity index (χ3n) is 6.84. The standard InChI is InChI=1S/C29H34N2/c1-6-10-15-21(9-4)29(5)26-25(31-28(29)20(13-7-2)14-8-3)19-18-23-22-16-11-12-17-24(22)30-27(23)26/h7-16,18-19,24,28,30-31H,2,6,17H2,1,3-5H3/b14-8-,15-10-,20-13+,21-9+. The lowest BCUT2D eigenvalue weighted by atomic mass is 9.69. The van der Waals surface area contributed by atoms with Crippen LogP contribution in [-0.2, 0) is 5.41 Å². The second-order valence-corrected chi connectivity index (χ2v) is 8.63. The molecule has 2 aliphatic heterocycles. The number of nitrogens with one attached hydrogen (secondary N) is 2. The molecule has 0 saturated heterocycles. The molecule has 1 aromatic carbocycles. The van der Waals surface area contributed by atoms with E-state index in [0.29, 0.717) is 6.04 Å². The maximum absolute atomic E-state index is 3.98. The van der Waals surface area contributed by atoms with Crippen molar-refractivity contribution in [3.8, 4) is 0 Å². The highest BCUT2D eigenvalue weighted by Gasteiger charge is 2.49. The summed E-state index contributed by atoms with van der Waals surface area (Å²) < 4.78 is 0. The van der Waals surface area contributed by atoms with Crippen molar-refractivity contribution in [2.24, 2.45) is 0 Å². The first-order valence-corrected chi connectivity index (χ1v) is 11.5. The average Bonchev–Trinajstić information content (AvgIpc) is 3.30. The molecule has 0 spiro atoms. The third kappa shape index (κ3) is 3.35. The minimum Gasteiger partial charge on any atom is -0.377 e. The van der Waals surface area contributed by atoms with Gasteiger partial charge in [-0.2, -0.15) is 0 Å². The van der Waals surface area contributed by atoms with Gasteiger partial charge in [-0.25, -0.2) is 0 Å². The minimum absolute atomic E-state index is 0.118. The van der Waals surface area contributed by atoms with E-state index in [0.717, 1.165) is 12.8 Å². The van der Waals surface area contributed by atoms with Gasteiger partial charge in [-0.1, -0.05) is 80.3 Å². The van der Waals surface area contributed by atoms with Crippen molar-refractivity contribution in [3.63, 3.8) is 0 Å². The zero-order valence-electron chi connectivity index (χ0n) is 19.2. The summed E-state index contributed by atoms with van der Waals surface area (Å²) in [6.07, 6.45) is 24.0. The second-order valence-electron chi connectivity index (χ2n) is 8.63. The summed E-state index contributed by atoms with van der Waals surface area (Å²) in [6.45, 7) is 12.8. The Hall–Kier alpha value is -3.00. The number of allylic oxidation sites excluding steroid dienone is 8. The Labute approximate surface area is 187 Å². The predicted molar refractivity (Wildman–Crippen MR) is 137 cm³/mol. The van der Waals surface area contributed by atoms with Crippen LogP contribution in [0.2, 0.25) is 0 Å². The summed E-state index contributed by atoms with van der Waals surface area (Å²) in [5.41, 5.74) is 8.99. The highest BCUT2D eigenvalue weighted by atomic mass is 15.0. The Morgan fingerprint density at radius 2 is 2.06 bits per heavy atom. The molecule has 2 N–H and O–H groups in total. The smallest absolute Gasteiger partial charge is 0.0649 e. The van der Waals surface area contributed by atoms with Gasteiger partial charge in [0.25, 0.3) is 0 Å². The van der Waals surface area contributed by atoms with Crippen molar-refractivity contribution in [1.29, 1.82) is 0 Å². The molecule has 3 atom stereocenters. The van der Waals surface area contributed by atoms with Crippen molar-refractivity contribution in [2.75, 3.05) is 10.6 Å². The molecule has 0 radical (unpaired) electrons. The van der Waals surface area contributed by atoms with Gasteiger partial charge in [0.2, 0.25) is 0 Å². The highest BCUT2D eigenvalue weighted by Crippen LogP contribution is 2.55. The average molecular weight is 411 g/mol. The maximum atomic E-state index is 3.98. The fraction of sp³-hybridized carbons (Fsp3) is 0.310. The first-order chi connectivity index (χ1) is 15.1. The molecule has 0 bridgehead atoms. The van der Waals surface area contributed by atoms with Gasteiger partial charge in [-0.05, 0) is 56.4 Å². The van der Waals surface area contributed by atoms with Crippen LogP contribution in [0.3, 0.4) is 0 Å². The topological polar surface area (TPSA) is 24.1 Å². The van der Waals surface area contributed by atoms with Gasteiger partial charge in [0.1, 0.15) is 0 Å². The van der Waals surface area contributed by atoms with E-state index in [1.807, 2.05) is 6.08 Å². The molecule has 0 saturated carbocycles. The summed E-state index contributed by atoms with van der Waals surface area (Å²) in [5.74, 6) is 0. The Kier molecular flexibility index (Phi) is 5.91. The predicted octanol–water partition coefficient (Wildman–Crippen LogP) is 7.48. The summed E-state index contributed by atoms with van der Waals surface area (Å²) in [4.78, 5) is 0. The quantitative estimate of drug-likeness (QED) is 0.475. The molecule has 3 aliphatic rings. The van der Waals surface area contributed by atoms with Gasteiger partial charge < -0.3 is 10.6 Å². The molecule has 4 rings (SSSR count). The van der Waals surface area contributed by atoms with E-state index in [2.05, 4.69) is 112 Å². The molecule has 2 nitrogen and oxygen atoms in total. The lowest BCUT2D eigenvalue weighted by molar-refractivity contribution is 0.548. The van der Waals surface area contributed by atoms with Crippen LogP contribution in [0.1, 0.15) is 51.7 Å². The third-order valence-corrected chi connectivity index (χ3v) is 6.84. The molecular weight excluding hydrogens is 376 g/mol. The molecular formula is C29H34N2. The van der Waals surface area contributed by atoms with E-state index >= 15 is 0 Å². The number of rotatable bonds is 6. The molecule has 0 fully saturated rings. The number of anilines is 2. The number of hydrogen-bond donors (Lipinski definition) is 2. The van der Waals surface area contributed by atoms with Crippen LogP contribution >= 0.6 is 0 Å². The maximum Gasteiger partial charge on any atom is 0.0649 e. The summed E-state index contributed by atoms with van der Waals surface area (Å²) in [5, 5.41) is 7.76. The zero-order valence-corrected chi connectivity index (χ0v) is 19.2. The Bertz CT molecular complexity index is 1060. The van der Waals surface area contributed by atoms with Gasteiger partial charge >= 0.3 is 0 Å².